The van der Waals surface area contributed by atoms with Gasteiger partial charge in [0.2, 0.25) is 11.8 Å². The lowest BCUT2D eigenvalue weighted by Crippen LogP contribution is -2.46. The van der Waals surface area contributed by atoms with Crippen LogP contribution in [0.2, 0.25) is 0 Å². The number of para-hydroxylation sites is 2. The zero-order chi connectivity index (χ0) is 20.4. The third-order valence-electron chi connectivity index (χ3n) is 5.49. The molecule has 1 N–H and O–H groups in total. The van der Waals surface area contributed by atoms with Gasteiger partial charge in [-0.3, -0.25) is 9.59 Å². The Hall–Kier alpha value is -3.15. The molecule has 2 atom stereocenters. The van der Waals surface area contributed by atoms with Crippen molar-refractivity contribution in [2.45, 2.75) is 45.3 Å². The quantitative estimate of drug-likeness (QED) is 0.699. The van der Waals surface area contributed by atoms with E-state index < -0.39 is 6.04 Å². The van der Waals surface area contributed by atoms with E-state index in [2.05, 4.69) is 5.32 Å². The average molecular weight is 390 g/mol. The molecule has 2 amide bonds. The number of benzene rings is 2. The van der Waals surface area contributed by atoms with E-state index in [4.69, 9.17) is 4.98 Å². The molecule has 0 unspecified atom stereocenters. The molecule has 2 heterocycles. The molecule has 4 rings (SSSR count). The first-order chi connectivity index (χ1) is 14.1. The summed E-state index contributed by atoms with van der Waals surface area (Å²) in [5.74, 6) is 0.682. The summed E-state index contributed by atoms with van der Waals surface area (Å²) in [4.78, 5) is 32.7. The molecule has 150 valence electrons. The fraction of sp³-hybridized carbons (Fsp3) is 0.348. The van der Waals surface area contributed by atoms with Crippen LogP contribution in [-0.4, -0.2) is 32.8 Å². The number of hydrogen-bond acceptors (Lipinski definition) is 3. The lowest BCUT2D eigenvalue weighted by Gasteiger charge is -2.38. The van der Waals surface area contributed by atoms with E-state index >= 15 is 0 Å². The molecule has 2 aromatic carbocycles. The molecule has 0 saturated carbocycles. The molecule has 0 aliphatic carbocycles. The van der Waals surface area contributed by atoms with Crippen LogP contribution in [-0.2, 0) is 16.1 Å². The van der Waals surface area contributed by atoms with Gasteiger partial charge in [-0.1, -0.05) is 49.4 Å². The number of amides is 2. The summed E-state index contributed by atoms with van der Waals surface area (Å²) < 4.78 is 1.97. The van der Waals surface area contributed by atoms with Crippen molar-refractivity contribution < 1.29 is 9.59 Å². The SMILES string of the molecule is CCCNC(=O)C[C@H]1C(=O)N(Cc2ccccc2)[C@@H](C)c2nc3ccccc3n21. The first kappa shape index (κ1) is 19.2. The first-order valence-electron chi connectivity index (χ1n) is 10.2. The van der Waals surface area contributed by atoms with E-state index in [-0.39, 0.29) is 24.3 Å². The highest BCUT2D eigenvalue weighted by Crippen LogP contribution is 2.37. The normalized spacial score (nSPS) is 18.7. The third-order valence-corrected chi connectivity index (χ3v) is 5.49. The molecule has 6 nitrogen and oxygen atoms in total. The molecule has 0 saturated heterocycles. The van der Waals surface area contributed by atoms with Gasteiger partial charge in [0.1, 0.15) is 11.9 Å². The molecule has 1 aromatic heterocycles. The summed E-state index contributed by atoms with van der Waals surface area (Å²) in [6.07, 6.45) is 0.977. The Balaban J connectivity index is 1.74. The van der Waals surface area contributed by atoms with Gasteiger partial charge in [-0.2, -0.15) is 0 Å². The molecule has 0 bridgehead atoms. The molecule has 0 fully saturated rings. The number of nitrogens with zero attached hydrogens (tertiary/aromatic N) is 3. The van der Waals surface area contributed by atoms with Crippen LogP contribution in [0.4, 0.5) is 0 Å². The summed E-state index contributed by atoms with van der Waals surface area (Å²) in [5, 5.41) is 2.90. The van der Waals surface area contributed by atoms with Gasteiger partial charge in [-0.25, -0.2) is 4.98 Å². The fourth-order valence-electron chi connectivity index (χ4n) is 4.00. The van der Waals surface area contributed by atoms with Gasteiger partial charge in [0, 0.05) is 13.1 Å². The minimum Gasteiger partial charge on any atom is -0.356 e. The number of rotatable bonds is 6. The molecule has 0 spiro atoms. The highest BCUT2D eigenvalue weighted by atomic mass is 16.2. The van der Waals surface area contributed by atoms with E-state index in [0.717, 1.165) is 28.8 Å². The van der Waals surface area contributed by atoms with Crippen molar-refractivity contribution in [2.24, 2.45) is 0 Å². The van der Waals surface area contributed by atoms with Gasteiger partial charge in [-0.15, -0.1) is 0 Å². The molecule has 1 aliphatic rings. The Bertz CT molecular complexity index is 1030. The summed E-state index contributed by atoms with van der Waals surface area (Å²) >= 11 is 0. The lowest BCUT2D eigenvalue weighted by atomic mass is 10.0. The number of imidazole rings is 1. The van der Waals surface area contributed by atoms with Gasteiger partial charge >= 0.3 is 0 Å². The molecule has 0 radical (unpaired) electrons. The molecule has 1 aliphatic heterocycles. The number of carbonyl (C=O) groups is 2. The smallest absolute Gasteiger partial charge is 0.247 e. The Morgan fingerprint density at radius 1 is 1.10 bits per heavy atom. The van der Waals surface area contributed by atoms with Crippen LogP contribution in [0.5, 0.6) is 0 Å². The average Bonchev–Trinajstić information content (AvgIpc) is 3.13. The summed E-state index contributed by atoms with van der Waals surface area (Å²) in [6, 6.07) is 17.0. The van der Waals surface area contributed by atoms with Crippen LogP contribution in [0.3, 0.4) is 0 Å². The monoisotopic (exact) mass is 390 g/mol. The van der Waals surface area contributed by atoms with Gasteiger partial charge < -0.3 is 14.8 Å². The summed E-state index contributed by atoms with van der Waals surface area (Å²) in [7, 11) is 0. The molecule has 6 heteroatoms. The number of aromatic nitrogens is 2. The Morgan fingerprint density at radius 3 is 2.59 bits per heavy atom. The number of carbonyl (C=O) groups excluding carboxylic acids is 2. The third kappa shape index (κ3) is 3.62. The van der Waals surface area contributed by atoms with Crippen molar-refractivity contribution in [3.63, 3.8) is 0 Å². The number of hydrogen-bond donors (Lipinski definition) is 1. The van der Waals surface area contributed by atoms with Crippen LogP contribution in [0.15, 0.2) is 54.6 Å². The largest absolute Gasteiger partial charge is 0.356 e. The van der Waals surface area contributed by atoms with E-state index in [1.54, 1.807) is 0 Å². The van der Waals surface area contributed by atoms with Crippen molar-refractivity contribution in [3.8, 4) is 0 Å². The maximum atomic E-state index is 13.6. The maximum absolute atomic E-state index is 13.6. The predicted molar refractivity (Wildman–Crippen MR) is 112 cm³/mol. The fourth-order valence-corrected chi connectivity index (χ4v) is 4.00. The van der Waals surface area contributed by atoms with E-state index in [9.17, 15) is 9.59 Å². The highest BCUT2D eigenvalue weighted by Gasteiger charge is 2.40. The second-order valence-electron chi connectivity index (χ2n) is 7.53. The second-order valence-corrected chi connectivity index (χ2v) is 7.53. The predicted octanol–water partition coefficient (Wildman–Crippen LogP) is 3.60. The minimum atomic E-state index is -0.589. The van der Waals surface area contributed by atoms with Gasteiger partial charge in [0.15, 0.2) is 0 Å². The molecule has 3 aromatic rings. The zero-order valence-electron chi connectivity index (χ0n) is 16.8. The topological polar surface area (TPSA) is 67.2 Å². The van der Waals surface area contributed by atoms with E-state index in [0.29, 0.717) is 13.1 Å². The van der Waals surface area contributed by atoms with Gasteiger partial charge in [0.25, 0.3) is 0 Å². The summed E-state index contributed by atoms with van der Waals surface area (Å²) in [5.41, 5.74) is 2.81. The van der Waals surface area contributed by atoms with Crippen LogP contribution in [0, 0.1) is 0 Å². The van der Waals surface area contributed by atoms with Crippen molar-refractivity contribution >= 4 is 22.8 Å². The minimum absolute atomic E-state index is 0.0383. The van der Waals surface area contributed by atoms with Crippen LogP contribution >= 0.6 is 0 Å². The maximum Gasteiger partial charge on any atom is 0.247 e. The van der Waals surface area contributed by atoms with Crippen LogP contribution in [0.1, 0.15) is 50.2 Å². The van der Waals surface area contributed by atoms with Gasteiger partial charge in [-0.05, 0) is 31.0 Å². The van der Waals surface area contributed by atoms with E-state index in [1.165, 1.54) is 0 Å². The molecular formula is C23H26N4O2. The highest BCUT2D eigenvalue weighted by molar-refractivity contribution is 5.90. The second kappa shape index (κ2) is 8.07. The number of fused-ring (bicyclic) bond motifs is 3. The van der Waals surface area contributed by atoms with Gasteiger partial charge in [0.05, 0.1) is 23.5 Å². The van der Waals surface area contributed by atoms with Crippen molar-refractivity contribution in [1.29, 1.82) is 0 Å². The molecule has 29 heavy (non-hydrogen) atoms. The summed E-state index contributed by atoms with van der Waals surface area (Å²) in [6.45, 7) is 5.13. The van der Waals surface area contributed by atoms with Crippen molar-refractivity contribution in [3.05, 3.63) is 66.0 Å². The standard InChI is InChI=1S/C23H26N4O2/c1-3-13-24-21(28)14-20-23(29)26(15-17-9-5-4-6-10-17)16(2)22-25-18-11-7-8-12-19(18)27(20)22/h4-12,16,20H,3,13-15H2,1-2H3,(H,24,28)/t16-,20-/m0/s1. The van der Waals surface area contributed by atoms with Crippen LogP contribution < -0.4 is 5.32 Å². The van der Waals surface area contributed by atoms with Crippen molar-refractivity contribution in [1.82, 2.24) is 19.8 Å². The lowest BCUT2D eigenvalue weighted by molar-refractivity contribution is -0.142. The Morgan fingerprint density at radius 2 is 1.83 bits per heavy atom. The van der Waals surface area contributed by atoms with Crippen LogP contribution in [0.25, 0.3) is 11.0 Å². The first-order valence-corrected chi connectivity index (χ1v) is 10.2. The van der Waals surface area contributed by atoms with E-state index in [1.807, 2.05) is 77.9 Å². The van der Waals surface area contributed by atoms with Crippen molar-refractivity contribution in [2.75, 3.05) is 6.54 Å². The zero-order valence-corrected chi connectivity index (χ0v) is 16.8. The molecular weight excluding hydrogens is 364 g/mol. The number of nitrogens with one attached hydrogen (secondary N) is 1. The Kier molecular flexibility index (Phi) is 5.34. The Labute approximate surface area is 170 Å².